The Morgan fingerprint density at radius 2 is 1.94 bits per heavy atom. The van der Waals surface area contributed by atoms with Gasteiger partial charge in [-0.1, -0.05) is 6.92 Å². The van der Waals surface area contributed by atoms with Crippen LogP contribution in [-0.4, -0.2) is 37.6 Å². The third-order valence-electron chi connectivity index (χ3n) is 2.74. The standard InChI is InChI=1S/C11H20F3NO2/c1-2-5-17-10-8(15)7-9(10)16-6-3-4-11(12,13)14/h8-10H,2-7,15H2,1H3. The van der Waals surface area contributed by atoms with Gasteiger partial charge in [0.25, 0.3) is 0 Å². The van der Waals surface area contributed by atoms with E-state index < -0.39 is 12.6 Å². The summed E-state index contributed by atoms with van der Waals surface area (Å²) in [5.41, 5.74) is 5.74. The maximum absolute atomic E-state index is 11.9. The summed E-state index contributed by atoms with van der Waals surface area (Å²) in [5, 5.41) is 0. The molecular weight excluding hydrogens is 235 g/mol. The van der Waals surface area contributed by atoms with Crippen LogP contribution in [0.1, 0.15) is 32.6 Å². The largest absolute Gasteiger partial charge is 0.389 e. The molecule has 0 amide bonds. The van der Waals surface area contributed by atoms with Crippen LogP contribution in [0, 0.1) is 0 Å². The third kappa shape index (κ3) is 5.23. The molecule has 0 bridgehead atoms. The molecule has 1 saturated carbocycles. The van der Waals surface area contributed by atoms with E-state index in [0.29, 0.717) is 13.0 Å². The van der Waals surface area contributed by atoms with Gasteiger partial charge >= 0.3 is 6.18 Å². The van der Waals surface area contributed by atoms with Crippen LogP contribution >= 0.6 is 0 Å². The van der Waals surface area contributed by atoms with Gasteiger partial charge in [-0.2, -0.15) is 13.2 Å². The molecule has 0 aliphatic heterocycles. The Bertz CT molecular complexity index is 223. The molecule has 0 aromatic heterocycles. The second-order valence-electron chi connectivity index (χ2n) is 4.36. The van der Waals surface area contributed by atoms with Crippen molar-refractivity contribution in [3.05, 3.63) is 0 Å². The number of hydrogen-bond acceptors (Lipinski definition) is 3. The van der Waals surface area contributed by atoms with E-state index in [-0.39, 0.29) is 31.3 Å². The van der Waals surface area contributed by atoms with Crippen molar-refractivity contribution in [3.8, 4) is 0 Å². The summed E-state index contributed by atoms with van der Waals surface area (Å²) in [4.78, 5) is 0. The highest BCUT2D eigenvalue weighted by atomic mass is 19.4. The molecule has 6 heteroatoms. The van der Waals surface area contributed by atoms with Crippen LogP contribution in [0.4, 0.5) is 13.2 Å². The lowest BCUT2D eigenvalue weighted by atomic mass is 9.86. The van der Waals surface area contributed by atoms with Gasteiger partial charge in [-0.15, -0.1) is 0 Å². The van der Waals surface area contributed by atoms with Crippen molar-refractivity contribution < 1.29 is 22.6 Å². The highest BCUT2D eigenvalue weighted by Crippen LogP contribution is 2.27. The number of halogens is 3. The van der Waals surface area contributed by atoms with E-state index in [4.69, 9.17) is 15.2 Å². The lowest BCUT2D eigenvalue weighted by Gasteiger charge is -2.41. The quantitative estimate of drug-likeness (QED) is 0.709. The maximum Gasteiger partial charge on any atom is 0.389 e. The van der Waals surface area contributed by atoms with Crippen LogP contribution in [0.3, 0.4) is 0 Å². The predicted octanol–water partition coefficient (Wildman–Crippen LogP) is 2.24. The summed E-state index contributed by atoms with van der Waals surface area (Å²) >= 11 is 0. The highest BCUT2D eigenvalue weighted by Gasteiger charge is 2.40. The van der Waals surface area contributed by atoms with Crippen molar-refractivity contribution in [1.82, 2.24) is 0 Å². The first-order chi connectivity index (χ1) is 7.94. The molecular formula is C11H20F3NO2. The van der Waals surface area contributed by atoms with Crippen LogP contribution in [0.25, 0.3) is 0 Å². The van der Waals surface area contributed by atoms with Crippen LogP contribution in [0.2, 0.25) is 0 Å². The molecule has 17 heavy (non-hydrogen) atoms. The molecule has 3 nitrogen and oxygen atoms in total. The lowest BCUT2D eigenvalue weighted by molar-refractivity contribution is -0.155. The van der Waals surface area contributed by atoms with Crippen LogP contribution in [0.5, 0.6) is 0 Å². The Morgan fingerprint density at radius 1 is 1.24 bits per heavy atom. The van der Waals surface area contributed by atoms with Crippen molar-refractivity contribution in [2.45, 2.75) is 57.0 Å². The van der Waals surface area contributed by atoms with E-state index in [1.54, 1.807) is 0 Å². The SMILES string of the molecule is CCCOC1C(N)CC1OCCCC(F)(F)F. The third-order valence-corrected chi connectivity index (χ3v) is 2.74. The van der Waals surface area contributed by atoms with Crippen molar-refractivity contribution in [3.63, 3.8) is 0 Å². The molecule has 1 aliphatic rings. The second-order valence-corrected chi connectivity index (χ2v) is 4.36. The minimum atomic E-state index is -4.10. The van der Waals surface area contributed by atoms with Gasteiger partial charge in [-0.25, -0.2) is 0 Å². The average Bonchev–Trinajstić information content (AvgIpc) is 2.21. The molecule has 2 N–H and O–H groups in total. The molecule has 1 fully saturated rings. The summed E-state index contributed by atoms with van der Waals surface area (Å²) in [6.45, 7) is 2.72. The molecule has 1 rings (SSSR count). The van der Waals surface area contributed by atoms with Gasteiger partial charge in [0.15, 0.2) is 0 Å². The molecule has 0 radical (unpaired) electrons. The number of hydrogen-bond donors (Lipinski definition) is 1. The zero-order chi connectivity index (χ0) is 12.9. The summed E-state index contributed by atoms with van der Waals surface area (Å²) in [5.74, 6) is 0. The lowest BCUT2D eigenvalue weighted by Crippen LogP contribution is -2.58. The smallest absolute Gasteiger partial charge is 0.375 e. The Labute approximate surface area is 99.4 Å². The van der Waals surface area contributed by atoms with Crippen LogP contribution < -0.4 is 5.73 Å². The number of rotatable bonds is 7. The van der Waals surface area contributed by atoms with Crippen molar-refractivity contribution in [1.29, 1.82) is 0 Å². The molecule has 0 aromatic carbocycles. The van der Waals surface area contributed by atoms with E-state index in [2.05, 4.69) is 0 Å². The van der Waals surface area contributed by atoms with Gasteiger partial charge < -0.3 is 15.2 Å². The topological polar surface area (TPSA) is 44.5 Å². The fourth-order valence-corrected chi connectivity index (χ4v) is 1.77. The zero-order valence-electron chi connectivity index (χ0n) is 10.0. The van der Waals surface area contributed by atoms with E-state index in [9.17, 15) is 13.2 Å². The summed E-state index contributed by atoms with van der Waals surface area (Å²) in [7, 11) is 0. The molecule has 102 valence electrons. The van der Waals surface area contributed by atoms with Gasteiger partial charge in [0.05, 0.1) is 12.2 Å². The van der Waals surface area contributed by atoms with Gasteiger partial charge in [-0.3, -0.25) is 0 Å². The fourth-order valence-electron chi connectivity index (χ4n) is 1.77. The normalized spacial score (nSPS) is 29.1. The van der Waals surface area contributed by atoms with Gasteiger partial charge in [-0.05, 0) is 19.3 Å². The van der Waals surface area contributed by atoms with Crippen molar-refractivity contribution in [2.24, 2.45) is 5.73 Å². The molecule has 0 spiro atoms. The van der Waals surface area contributed by atoms with Gasteiger partial charge in [0.1, 0.15) is 0 Å². The second kappa shape index (κ2) is 6.56. The summed E-state index contributed by atoms with van der Waals surface area (Å²) in [6, 6.07) is -0.0471. The first kappa shape index (κ1) is 14.7. The number of nitrogens with two attached hydrogens (primary N) is 1. The Hall–Kier alpha value is -0.330. The zero-order valence-corrected chi connectivity index (χ0v) is 10.0. The number of ether oxygens (including phenoxy) is 2. The molecule has 0 aromatic rings. The van der Waals surface area contributed by atoms with Gasteiger partial charge in [0, 0.05) is 25.7 Å². The van der Waals surface area contributed by atoms with Crippen molar-refractivity contribution in [2.75, 3.05) is 13.2 Å². The minimum absolute atomic E-state index is 0.00423. The van der Waals surface area contributed by atoms with E-state index in [1.165, 1.54) is 0 Å². The van der Waals surface area contributed by atoms with E-state index in [1.807, 2.05) is 6.92 Å². The maximum atomic E-state index is 11.9. The first-order valence-corrected chi connectivity index (χ1v) is 5.99. The minimum Gasteiger partial charge on any atom is -0.375 e. The highest BCUT2D eigenvalue weighted by molar-refractivity contribution is 4.95. The summed E-state index contributed by atoms with van der Waals surface area (Å²) in [6.07, 6.45) is -3.63. The Morgan fingerprint density at radius 3 is 2.47 bits per heavy atom. The van der Waals surface area contributed by atoms with E-state index >= 15 is 0 Å². The molecule has 1 aliphatic carbocycles. The van der Waals surface area contributed by atoms with Crippen LogP contribution in [-0.2, 0) is 9.47 Å². The molecule has 0 heterocycles. The van der Waals surface area contributed by atoms with Gasteiger partial charge in [0.2, 0.25) is 0 Å². The van der Waals surface area contributed by atoms with Crippen molar-refractivity contribution >= 4 is 0 Å². The molecule has 3 unspecified atom stereocenters. The monoisotopic (exact) mass is 255 g/mol. The Balaban J connectivity index is 2.11. The average molecular weight is 255 g/mol. The Kier molecular flexibility index (Phi) is 5.69. The molecule has 0 saturated heterocycles. The summed E-state index contributed by atoms with van der Waals surface area (Å²) < 4.78 is 46.5. The molecule has 3 atom stereocenters. The van der Waals surface area contributed by atoms with Crippen LogP contribution in [0.15, 0.2) is 0 Å². The predicted molar refractivity (Wildman–Crippen MR) is 57.7 cm³/mol. The number of alkyl halides is 3. The van der Waals surface area contributed by atoms with E-state index in [0.717, 1.165) is 6.42 Å². The fraction of sp³-hybridized carbons (Fsp3) is 1.00. The first-order valence-electron chi connectivity index (χ1n) is 5.99.